The Morgan fingerprint density at radius 2 is 2.18 bits per heavy atom. The zero-order chi connectivity index (χ0) is 16.5. The van der Waals surface area contributed by atoms with Gasteiger partial charge in [-0.2, -0.15) is 0 Å². The Labute approximate surface area is 123 Å². The molecule has 12 heteroatoms. The van der Waals surface area contributed by atoms with Gasteiger partial charge in [-0.3, -0.25) is 14.3 Å². The number of nitrogens with zero attached hydrogens (tertiary/aromatic N) is 1. The Morgan fingerprint density at radius 1 is 1.50 bits per heavy atom. The molecule has 0 unspecified atom stereocenters. The van der Waals surface area contributed by atoms with Crippen molar-refractivity contribution in [2.24, 2.45) is 0 Å². The smallest absolute Gasteiger partial charge is 0.330 e. The van der Waals surface area contributed by atoms with Gasteiger partial charge in [0, 0.05) is 12.6 Å². The van der Waals surface area contributed by atoms with Crippen LogP contribution in [0.3, 0.4) is 0 Å². The van der Waals surface area contributed by atoms with Crippen LogP contribution < -0.4 is 21.0 Å². The molecule has 1 fully saturated rings. The van der Waals surface area contributed by atoms with Crippen molar-refractivity contribution in [1.82, 2.24) is 9.55 Å². The van der Waals surface area contributed by atoms with E-state index in [1.807, 2.05) is 4.98 Å². The molecule has 2 heterocycles. The summed E-state index contributed by atoms with van der Waals surface area (Å²) in [4.78, 5) is 45.9. The number of phosphoric ester groups is 1. The number of H-pyrrole nitrogens is 1. The first-order chi connectivity index (χ1) is 10.2. The zero-order valence-corrected chi connectivity index (χ0v) is 12.0. The lowest BCUT2D eigenvalue weighted by molar-refractivity contribution is -0.343. The molecule has 0 spiro atoms. The van der Waals surface area contributed by atoms with Crippen molar-refractivity contribution in [3.63, 3.8) is 0 Å². The predicted octanol–water partition coefficient (Wildman–Crippen LogP) is -3.48. The van der Waals surface area contributed by atoms with E-state index in [9.17, 15) is 29.0 Å². The minimum absolute atomic E-state index is 0.0824. The maximum Gasteiger partial charge on any atom is 0.330 e. The molecule has 1 saturated heterocycles. The molecule has 1 aromatic heterocycles. The highest BCUT2D eigenvalue weighted by Crippen LogP contribution is 2.31. The predicted molar refractivity (Wildman–Crippen MR) is 65.3 cm³/mol. The molecular formula is C10H13N2O9P-2. The lowest BCUT2D eigenvalue weighted by Crippen LogP contribution is -2.34. The van der Waals surface area contributed by atoms with E-state index < -0.39 is 50.7 Å². The van der Waals surface area contributed by atoms with Crippen LogP contribution in [0, 0.1) is 0 Å². The van der Waals surface area contributed by atoms with Gasteiger partial charge in [-0.15, -0.1) is 0 Å². The minimum Gasteiger partial charge on any atom is -0.790 e. The molecule has 0 saturated carbocycles. The highest BCUT2D eigenvalue weighted by Gasteiger charge is 2.36. The Balaban J connectivity index is 2.17. The number of phosphoric acid groups is 1. The van der Waals surface area contributed by atoms with Crippen LogP contribution in [-0.4, -0.2) is 38.6 Å². The fraction of sp³-hybridized carbons (Fsp3) is 0.600. The van der Waals surface area contributed by atoms with E-state index in [0.29, 0.717) is 0 Å². The minimum atomic E-state index is -5.21. The molecule has 1 aliphatic rings. The standard InChI is InChI=1S/C10H15N2O9P/c13-3-5-2-12(10(16)11-9(5)15)8-1-6(14)7(21-8)4-20-22(17,18)19/h2,6-8,13-14H,1,3-4H2,(H,11,15,16)(H2,17,18,19)/p-2/t6-,7+,8+/m0/s1. The van der Waals surface area contributed by atoms with Crippen molar-refractivity contribution in [1.29, 1.82) is 0 Å². The van der Waals surface area contributed by atoms with E-state index in [0.717, 1.165) is 10.8 Å². The number of nitrogens with one attached hydrogen (secondary N) is 1. The van der Waals surface area contributed by atoms with Crippen LogP contribution in [0.1, 0.15) is 18.2 Å². The molecule has 0 bridgehead atoms. The first-order valence-electron chi connectivity index (χ1n) is 6.16. The maximum absolute atomic E-state index is 11.7. The molecule has 3 N–H and O–H groups in total. The molecule has 2 rings (SSSR count). The first-order valence-corrected chi connectivity index (χ1v) is 7.62. The Hall–Kier alpha value is -1.33. The molecule has 3 atom stereocenters. The largest absolute Gasteiger partial charge is 0.790 e. The molecule has 0 amide bonds. The van der Waals surface area contributed by atoms with Crippen molar-refractivity contribution in [2.45, 2.75) is 31.5 Å². The number of aromatic amines is 1. The third-order valence-corrected chi connectivity index (χ3v) is 3.59. The summed E-state index contributed by atoms with van der Waals surface area (Å²) in [6.45, 7) is -1.29. The highest BCUT2D eigenvalue weighted by molar-refractivity contribution is 7.43. The number of ether oxygens (including phenoxy) is 1. The van der Waals surface area contributed by atoms with E-state index in [4.69, 9.17) is 9.84 Å². The molecule has 0 aliphatic carbocycles. The monoisotopic (exact) mass is 336 g/mol. The Bertz CT molecular complexity index is 692. The van der Waals surface area contributed by atoms with E-state index in [-0.39, 0.29) is 12.0 Å². The number of rotatable bonds is 5. The van der Waals surface area contributed by atoms with Crippen molar-refractivity contribution in [3.8, 4) is 0 Å². The number of hydrogen-bond donors (Lipinski definition) is 3. The second kappa shape index (κ2) is 6.42. The van der Waals surface area contributed by atoms with Gasteiger partial charge in [0.2, 0.25) is 0 Å². The highest BCUT2D eigenvalue weighted by atomic mass is 31.2. The molecule has 1 aliphatic heterocycles. The molecule has 1 aromatic rings. The summed E-state index contributed by atoms with van der Waals surface area (Å²) in [7, 11) is -5.21. The van der Waals surface area contributed by atoms with Crippen molar-refractivity contribution in [3.05, 3.63) is 32.6 Å². The van der Waals surface area contributed by atoms with E-state index in [1.165, 1.54) is 0 Å². The Kier molecular flexibility index (Phi) is 4.97. The summed E-state index contributed by atoms with van der Waals surface area (Å²) >= 11 is 0. The van der Waals surface area contributed by atoms with Gasteiger partial charge in [0.15, 0.2) is 0 Å². The van der Waals surface area contributed by atoms with Crippen LogP contribution in [-0.2, 0) is 20.4 Å². The van der Waals surface area contributed by atoms with E-state index >= 15 is 0 Å². The van der Waals surface area contributed by atoms with E-state index in [1.54, 1.807) is 0 Å². The first kappa shape index (κ1) is 17.0. The average Bonchev–Trinajstić information content (AvgIpc) is 2.77. The molecule has 0 aromatic carbocycles. The number of aliphatic hydroxyl groups is 2. The van der Waals surface area contributed by atoms with Crippen LogP contribution in [0.2, 0.25) is 0 Å². The van der Waals surface area contributed by atoms with Crippen LogP contribution >= 0.6 is 7.82 Å². The second-order valence-corrected chi connectivity index (χ2v) is 5.81. The van der Waals surface area contributed by atoms with Gasteiger partial charge in [0.1, 0.15) is 12.3 Å². The number of hydrogen-bond acceptors (Lipinski definition) is 9. The maximum atomic E-state index is 11.7. The van der Waals surface area contributed by atoms with E-state index in [2.05, 4.69) is 4.52 Å². The van der Waals surface area contributed by atoms with Crippen LogP contribution in [0.5, 0.6) is 0 Å². The van der Waals surface area contributed by atoms with Crippen LogP contribution in [0.15, 0.2) is 15.8 Å². The van der Waals surface area contributed by atoms with Crippen molar-refractivity contribution in [2.75, 3.05) is 6.61 Å². The average molecular weight is 336 g/mol. The van der Waals surface area contributed by atoms with Crippen LogP contribution in [0.25, 0.3) is 0 Å². The normalized spacial score (nSPS) is 25.5. The van der Waals surface area contributed by atoms with Gasteiger partial charge in [-0.1, -0.05) is 0 Å². The molecule has 124 valence electrons. The Morgan fingerprint density at radius 3 is 2.77 bits per heavy atom. The van der Waals surface area contributed by atoms with Gasteiger partial charge in [0.05, 0.1) is 32.7 Å². The van der Waals surface area contributed by atoms with Gasteiger partial charge in [-0.25, -0.2) is 4.79 Å². The number of aromatic nitrogens is 2. The summed E-state index contributed by atoms with van der Waals surface area (Å²) in [6, 6.07) is 0. The summed E-state index contributed by atoms with van der Waals surface area (Å²) in [5, 5.41) is 18.8. The van der Waals surface area contributed by atoms with Gasteiger partial charge < -0.3 is 33.8 Å². The molecule has 0 radical (unpaired) electrons. The molecular weight excluding hydrogens is 323 g/mol. The van der Waals surface area contributed by atoms with Gasteiger partial charge in [0.25, 0.3) is 5.56 Å². The second-order valence-electron chi connectivity index (χ2n) is 4.65. The fourth-order valence-corrected chi connectivity index (χ4v) is 2.38. The summed E-state index contributed by atoms with van der Waals surface area (Å²) in [5.74, 6) is 0. The van der Waals surface area contributed by atoms with Gasteiger partial charge in [-0.05, 0) is 0 Å². The topological polar surface area (TPSA) is 177 Å². The van der Waals surface area contributed by atoms with Crippen molar-refractivity contribution < 1.29 is 33.8 Å². The summed E-state index contributed by atoms with van der Waals surface area (Å²) in [5.41, 5.74) is -1.65. The quantitative estimate of drug-likeness (QED) is 0.461. The molecule has 11 nitrogen and oxygen atoms in total. The lowest BCUT2D eigenvalue weighted by Gasteiger charge is -2.30. The summed E-state index contributed by atoms with van der Waals surface area (Å²) < 4.78 is 20.7. The summed E-state index contributed by atoms with van der Waals surface area (Å²) in [6.07, 6.45) is -2.32. The SMILES string of the molecule is O=c1[nH]c(=O)n([C@H]2C[C@H](O)[C@@H](COP(=O)([O-])[O-])O2)cc1CO. The van der Waals surface area contributed by atoms with Gasteiger partial charge >= 0.3 is 5.69 Å². The van der Waals surface area contributed by atoms with Crippen LogP contribution in [0.4, 0.5) is 0 Å². The number of aliphatic hydroxyl groups excluding tert-OH is 2. The zero-order valence-electron chi connectivity index (χ0n) is 11.1. The third-order valence-electron chi connectivity index (χ3n) is 3.12. The fourth-order valence-electron chi connectivity index (χ4n) is 2.05. The lowest BCUT2D eigenvalue weighted by atomic mass is 10.2. The molecule has 22 heavy (non-hydrogen) atoms. The van der Waals surface area contributed by atoms with Crippen molar-refractivity contribution >= 4 is 7.82 Å². The third kappa shape index (κ3) is 3.90.